The van der Waals surface area contributed by atoms with Gasteiger partial charge in [-0.15, -0.1) is 0 Å². The number of hydrogen-bond donors (Lipinski definition) is 8. The van der Waals surface area contributed by atoms with Crippen LogP contribution in [-0.4, -0.2) is 65.7 Å². The maximum absolute atomic E-state index is 12.7. The molecule has 0 fully saturated rings. The molecule has 66 heavy (non-hydrogen) atoms. The molecular formula is C54H38B2N2O8. The van der Waals surface area contributed by atoms with Crippen LogP contribution in [0, 0.1) is 0 Å². The van der Waals surface area contributed by atoms with Crippen LogP contribution in [0.4, 0.5) is 0 Å². The van der Waals surface area contributed by atoms with Gasteiger partial charge in [-0.1, -0.05) is 127 Å². The van der Waals surface area contributed by atoms with Gasteiger partial charge in [-0.3, -0.25) is 0 Å². The highest BCUT2D eigenvalue weighted by Gasteiger charge is 2.34. The first-order chi connectivity index (χ1) is 31.9. The molecule has 0 bridgehead atoms. The summed E-state index contributed by atoms with van der Waals surface area (Å²) >= 11 is 0. The van der Waals surface area contributed by atoms with Gasteiger partial charge in [-0.05, 0) is 85.8 Å². The van der Waals surface area contributed by atoms with Crippen LogP contribution in [0.5, 0.6) is 46.0 Å². The average molecular weight is 865 g/mol. The van der Waals surface area contributed by atoms with Crippen LogP contribution in [0.15, 0.2) is 158 Å². The first-order valence-electron chi connectivity index (χ1n) is 21.2. The third-order valence-corrected chi connectivity index (χ3v) is 12.9. The zero-order chi connectivity index (χ0) is 45.7. The van der Waals surface area contributed by atoms with E-state index >= 15 is 0 Å². The van der Waals surface area contributed by atoms with Crippen molar-refractivity contribution >= 4 is 70.2 Å². The van der Waals surface area contributed by atoms with Gasteiger partial charge in [-0.2, -0.15) is 0 Å². The van der Waals surface area contributed by atoms with Gasteiger partial charge in [0, 0.05) is 27.5 Å². The average Bonchev–Trinajstić information content (AvgIpc) is 3.91. The van der Waals surface area contributed by atoms with Crippen LogP contribution in [0.1, 0.15) is 0 Å². The Morgan fingerprint density at radius 2 is 0.636 bits per heavy atom. The summed E-state index contributed by atoms with van der Waals surface area (Å²) in [6.45, 7) is 0. The molecule has 0 saturated heterocycles. The van der Waals surface area contributed by atoms with Crippen molar-refractivity contribution in [2.75, 3.05) is 0 Å². The number of aromatic hydroxyl groups is 8. The Labute approximate surface area is 378 Å². The predicted octanol–water partition coefficient (Wildman–Crippen LogP) is 8.71. The number of rotatable bonds is 6. The Morgan fingerprint density at radius 3 is 1.18 bits per heavy atom. The molecule has 0 saturated carbocycles. The van der Waals surface area contributed by atoms with Gasteiger partial charge in [-0.25, -0.2) is 0 Å². The molecule has 11 aromatic rings. The van der Waals surface area contributed by atoms with E-state index in [2.05, 4.69) is 6.07 Å². The van der Waals surface area contributed by atoms with Crippen LogP contribution < -0.4 is 10.9 Å². The number of benzene rings is 9. The predicted molar refractivity (Wildman–Crippen MR) is 267 cm³/mol. The van der Waals surface area contributed by atoms with Gasteiger partial charge in [0.1, 0.15) is 32.2 Å². The topological polar surface area (TPSA) is 172 Å². The van der Waals surface area contributed by atoms with E-state index in [1.165, 1.54) is 4.57 Å². The lowest BCUT2D eigenvalue weighted by atomic mass is 9.82. The monoisotopic (exact) mass is 864 g/mol. The second-order valence-corrected chi connectivity index (χ2v) is 16.6. The number of hydrogen-bond acceptors (Lipinski definition) is 8. The first-order valence-corrected chi connectivity index (χ1v) is 21.2. The number of nitrogens with zero attached hydrogens (tertiary/aromatic N) is 2. The molecule has 0 aliphatic heterocycles. The molecule has 0 atom stereocenters. The fourth-order valence-electron chi connectivity index (χ4n) is 9.68. The van der Waals surface area contributed by atoms with Crippen LogP contribution >= 0.6 is 0 Å². The molecule has 2 heterocycles. The van der Waals surface area contributed by atoms with Crippen molar-refractivity contribution in [3.05, 3.63) is 158 Å². The Morgan fingerprint density at radius 1 is 0.258 bits per heavy atom. The summed E-state index contributed by atoms with van der Waals surface area (Å²) in [5.74, 6) is -5.69. The zero-order valence-electron chi connectivity index (χ0n) is 35.5. The van der Waals surface area contributed by atoms with Gasteiger partial charge in [0.15, 0.2) is 34.5 Å². The minimum atomic E-state index is -1.01. The molecule has 0 aliphatic rings. The molecule has 0 spiro atoms. The third kappa shape index (κ3) is 5.78. The summed E-state index contributed by atoms with van der Waals surface area (Å²) in [7, 11) is 3.24. The van der Waals surface area contributed by atoms with Crippen molar-refractivity contribution in [1.82, 2.24) is 9.13 Å². The summed E-state index contributed by atoms with van der Waals surface area (Å²) in [6.07, 6.45) is 0. The largest absolute Gasteiger partial charge is 0.505 e. The highest BCUT2D eigenvalue weighted by atomic mass is 16.3. The van der Waals surface area contributed by atoms with Gasteiger partial charge in [0.05, 0.1) is 10.9 Å². The van der Waals surface area contributed by atoms with Crippen LogP contribution in [0.3, 0.4) is 0 Å². The Hall–Kier alpha value is -8.89. The molecular weight excluding hydrogens is 826 g/mol. The lowest BCUT2D eigenvalue weighted by Crippen LogP contribution is -2.16. The van der Waals surface area contributed by atoms with Crippen LogP contribution in [0.25, 0.3) is 99.5 Å². The van der Waals surface area contributed by atoms with Crippen molar-refractivity contribution in [1.29, 1.82) is 0 Å². The SMILES string of the molecule is Bc1c(O)c(O)c(B)c2c1c1c3c4c(O)c(O)c(O)c(O)c4n(-c4cccc(-c5ccc(-c6ccccc6)cc5)c4)c3c(O)c(O)c1n2-c1cc(-c2ccccc2)cc(-c2ccccc2)c1. The molecule has 0 amide bonds. The van der Waals surface area contributed by atoms with Crippen molar-refractivity contribution in [2.45, 2.75) is 0 Å². The van der Waals surface area contributed by atoms with E-state index in [9.17, 15) is 40.9 Å². The van der Waals surface area contributed by atoms with E-state index in [-0.39, 0.29) is 43.6 Å². The summed E-state index contributed by atoms with van der Waals surface area (Å²) in [5.41, 5.74) is 8.53. The molecule has 2 aromatic heterocycles. The third-order valence-electron chi connectivity index (χ3n) is 12.9. The summed E-state index contributed by atoms with van der Waals surface area (Å²) in [5, 5.41) is 94.9. The minimum Gasteiger partial charge on any atom is -0.505 e. The molecule has 0 aliphatic carbocycles. The lowest BCUT2D eigenvalue weighted by Gasteiger charge is -2.17. The van der Waals surface area contributed by atoms with Crippen molar-refractivity contribution in [3.63, 3.8) is 0 Å². The van der Waals surface area contributed by atoms with Crippen LogP contribution in [-0.2, 0) is 0 Å². The fourth-order valence-corrected chi connectivity index (χ4v) is 9.68. The summed E-state index contributed by atoms with van der Waals surface area (Å²) < 4.78 is 3.13. The van der Waals surface area contributed by atoms with Gasteiger partial charge < -0.3 is 50.0 Å². The summed E-state index contributed by atoms with van der Waals surface area (Å²) in [4.78, 5) is 0. The maximum Gasteiger partial charge on any atom is 0.206 e. The lowest BCUT2D eigenvalue weighted by molar-refractivity contribution is 0.350. The maximum atomic E-state index is 12.7. The van der Waals surface area contributed by atoms with E-state index in [1.807, 2.05) is 133 Å². The molecule has 11 rings (SSSR count). The smallest absolute Gasteiger partial charge is 0.206 e. The standard InChI is InChI=1S/C54H38B2N2O8/c55-41-39-37-38-40-46(52(64)54(66)53(65)47(40)59)57(35-18-10-17-32(24-35)31-21-19-30(20-22-31)27-11-4-1-5-12-27)45(38)51(63)50(62)44(37)58(43(39)42(56)49(61)48(41)60)36-25-33(28-13-6-2-7-14-28)23-34(26-36)29-15-8-3-9-16-29/h1-26,59-66H,55-56H2. The van der Waals surface area contributed by atoms with Gasteiger partial charge in [0.25, 0.3) is 0 Å². The summed E-state index contributed by atoms with van der Waals surface area (Å²) in [6, 6.07) is 50.5. The highest BCUT2D eigenvalue weighted by molar-refractivity contribution is 6.52. The normalized spacial score (nSPS) is 11.6. The van der Waals surface area contributed by atoms with Crippen molar-refractivity contribution in [2.24, 2.45) is 0 Å². The molecule has 8 N–H and O–H groups in total. The number of phenols is 8. The van der Waals surface area contributed by atoms with Gasteiger partial charge >= 0.3 is 0 Å². The quantitative estimate of drug-likeness (QED) is 0.0466. The minimum absolute atomic E-state index is 0.0354. The number of fused-ring (bicyclic) bond motifs is 7. The van der Waals surface area contributed by atoms with Crippen molar-refractivity contribution in [3.8, 4) is 102 Å². The van der Waals surface area contributed by atoms with E-state index < -0.39 is 46.0 Å². The molecule has 12 heteroatoms. The molecule has 10 nitrogen and oxygen atoms in total. The Balaban J connectivity index is 1.29. The first kappa shape index (κ1) is 39.9. The van der Waals surface area contributed by atoms with E-state index in [0.717, 1.165) is 44.5 Å². The Kier molecular flexibility index (Phi) is 8.98. The molecule has 9 aromatic carbocycles. The Bertz CT molecular complexity index is 3740. The molecule has 0 radical (unpaired) electrons. The second kappa shape index (κ2) is 14.9. The zero-order valence-corrected chi connectivity index (χ0v) is 35.5. The molecule has 318 valence electrons. The van der Waals surface area contributed by atoms with Gasteiger partial charge in [0.2, 0.25) is 11.5 Å². The highest BCUT2D eigenvalue weighted by Crippen LogP contribution is 2.58. The van der Waals surface area contributed by atoms with Crippen molar-refractivity contribution < 1.29 is 40.9 Å². The number of aromatic nitrogens is 2. The van der Waals surface area contributed by atoms with E-state index in [0.29, 0.717) is 22.3 Å². The van der Waals surface area contributed by atoms with E-state index in [4.69, 9.17) is 0 Å². The fraction of sp³-hybridized carbons (Fsp3) is 0. The number of phenolic OH excluding ortho intramolecular Hbond substituents is 8. The van der Waals surface area contributed by atoms with Crippen LogP contribution in [0.2, 0.25) is 0 Å². The molecule has 0 unspecified atom stereocenters. The van der Waals surface area contributed by atoms with E-state index in [1.54, 1.807) is 38.5 Å². The second-order valence-electron chi connectivity index (χ2n) is 16.6.